The molecule has 0 fully saturated rings. The van der Waals surface area contributed by atoms with E-state index in [9.17, 15) is 0 Å². The highest BCUT2D eigenvalue weighted by molar-refractivity contribution is 5.59. The van der Waals surface area contributed by atoms with Crippen LogP contribution in [0.1, 0.15) is 19.7 Å². The van der Waals surface area contributed by atoms with Crippen molar-refractivity contribution in [2.45, 2.75) is 20.4 Å². The van der Waals surface area contributed by atoms with E-state index in [2.05, 4.69) is 15.5 Å². The molecule has 0 aliphatic carbocycles. The average Bonchev–Trinajstić information content (AvgIpc) is 2.90. The maximum Gasteiger partial charge on any atom is 0.258 e. The predicted molar refractivity (Wildman–Crippen MR) is 74.8 cm³/mol. The average molecular weight is 277 g/mol. The number of ether oxygens (including phenoxy) is 2. The van der Waals surface area contributed by atoms with E-state index in [1.807, 2.05) is 39.1 Å². The zero-order valence-electron chi connectivity index (χ0n) is 12.0. The van der Waals surface area contributed by atoms with Crippen LogP contribution in [-0.4, -0.2) is 30.4 Å². The fraction of sp³-hybridized carbons (Fsp3) is 0.429. The standard InChI is InChI=1S/C14H19N3O3/c1-4-18-11-7-6-10(8-12(11)19-5-2)14-16-13(9-15-3)17-20-14/h6-8,15H,4-5,9H2,1-3H3. The number of benzene rings is 1. The third-order valence-electron chi connectivity index (χ3n) is 2.59. The van der Waals surface area contributed by atoms with Crippen LogP contribution in [0.4, 0.5) is 0 Å². The predicted octanol–water partition coefficient (Wildman–Crippen LogP) is 2.25. The summed E-state index contributed by atoms with van der Waals surface area (Å²) in [6.45, 7) is 5.59. The molecule has 108 valence electrons. The summed E-state index contributed by atoms with van der Waals surface area (Å²) in [5, 5.41) is 6.87. The zero-order chi connectivity index (χ0) is 14.4. The highest BCUT2D eigenvalue weighted by atomic mass is 16.5. The summed E-state index contributed by atoms with van der Waals surface area (Å²) in [5.41, 5.74) is 0.812. The monoisotopic (exact) mass is 277 g/mol. The molecule has 6 heteroatoms. The number of nitrogens with one attached hydrogen (secondary N) is 1. The minimum Gasteiger partial charge on any atom is -0.490 e. The van der Waals surface area contributed by atoms with Gasteiger partial charge in [0.15, 0.2) is 17.3 Å². The Morgan fingerprint density at radius 1 is 1.15 bits per heavy atom. The van der Waals surface area contributed by atoms with E-state index >= 15 is 0 Å². The minimum absolute atomic E-state index is 0.472. The quantitative estimate of drug-likeness (QED) is 0.837. The number of aromatic nitrogens is 2. The van der Waals surface area contributed by atoms with Gasteiger partial charge in [-0.25, -0.2) is 0 Å². The molecule has 0 unspecified atom stereocenters. The third-order valence-corrected chi connectivity index (χ3v) is 2.59. The van der Waals surface area contributed by atoms with Crippen molar-refractivity contribution in [3.63, 3.8) is 0 Å². The van der Waals surface area contributed by atoms with Gasteiger partial charge in [-0.2, -0.15) is 4.98 Å². The van der Waals surface area contributed by atoms with Crippen LogP contribution in [0.3, 0.4) is 0 Å². The second kappa shape index (κ2) is 6.91. The van der Waals surface area contributed by atoms with Crippen molar-refractivity contribution in [3.8, 4) is 23.0 Å². The molecule has 1 heterocycles. The van der Waals surface area contributed by atoms with Crippen molar-refractivity contribution in [1.29, 1.82) is 0 Å². The Morgan fingerprint density at radius 2 is 1.90 bits per heavy atom. The smallest absolute Gasteiger partial charge is 0.258 e. The van der Waals surface area contributed by atoms with E-state index in [1.54, 1.807) is 0 Å². The molecule has 0 aliphatic heterocycles. The Kier molecular flexibility index (Phi) is 4.95. The molecule has 0 aliphatic rings. The summed E-state index contributed by atoms with van der Waals surface area (Å²) in [6.07, 6.45) is 0. The fourth-order valence-electron chi connectivity index (χ4n) is 1.79. The zero-order valence-corrected chi connectivity index (χ0v) is 12.0. The van der Waals surface area contributed by atoms with Crippen LogP contribution < -0.4 is 14.8 Å². The Hall–Kier alpha value is -2.08. The van der Waals surface area contributed by atoms with Crippen LogP contribution in [0.2, 0.25) is 0 Å². The van der Waals surface area contributed by atoms with Gasteiger partial charge in [0, 0.05) is 5.56 Å². The van der Waals surface area contributed by atoms with Crippen molar-refractivity contribution in [3.05, 3.63) is 24.0 Å². The molecule has 0 radical (unpaired) electrons. The first-order chi connectivity index (χ1) is 9.78. The molecule has 0 spiro atoms. The first-order valence-corrected chi connectivity index (χ1v) is 6.65. The summed E-state index contributed by atoms with van der Waals surface area (Å²) < 4.78 is 16.3. The molecule has 2 rings (SSSR count). The van der Waals surface area contributed by atoms with Gasteiger partial charge in [-0.15, -0.1) is 0 Å². The van der Waals surface area contributed by atoms with Crippen LogP contribution in [0.25, 0.3) is 11.5 Å². The molecule has 6 nitrogen and oxygen atoms in total. The summed E-state index contributed by atoms with van der Waals surface area (Å²) >= 11 is 0. The van der Waals surface area contributed by atoms with Gasteiger partial charge in [-0.3, -0.25) is 0 Å². The van der Waals surface area contributed by atoms with Crippen LogP contribution in [-0.2, 0) is 6.54 Å². The van der Waals surface area contributed by atoms with E-state index < -0.39 is 0 Å². The second-order valence-electron chi connectivity index (χ2n) is 4.07. The summed E-state index contributed by atoms with van der Waals surface area (Å²) in [5.74, 6) is 2.49. The van der Waals surface area contributed by atoms with Gasteiger partial charge < -0.3 is 19.3 Å². The molecule has 0 saturated heterocycles. The van der Waals surface area contributed by atoms with Gasteiger partial charge >= 0.3 is 0 Å². The van der Waals surface area contributed by atoms with Crippen molar-refractivity contribution in [1.82, 2.24) is 15.5 Å². The largest absolute Gasteiger partial charge is 0.490 e. The number of hydrogen-bond acceptors (Lipinski definition) is 6. The molecule has 1 N–H and O–H groups in total. The molecule has 1 aromatic heterocycles. The van der Waals surface area contributed by atoms with Gasteiger partial charge in [-0.05, 0) is 39.1 Å². The van der Waals surface area contributed by atoms with Gasteiger partial charge in [-0.1, -0.05) is 5.16 Å². The van der Waals surface area contributed by atoms with Crippen molar-refractivity contribution in [2.24, 2.45) is 0 Å². The Bertz CT molecular complexity index is 554. The number of rotatable bonds is 7. The number of hydrogen-bond donors (Lipinski definition) is 1. The number of nitrogens with zero attached hydrogens (tertiary/aromatic N) is 2. The van der Waals surface area contributed by atoms with Crippen molar-refractivity contribution < 1.29 is 14.0 Å². The summed E-state index contributed by atoms with van der Waals surface area (Å²) in [4.78, 5) is 4.31. The van der Waals surface area contributed by atoms with Crippen LogP contribution in [0, 0.1) is 0 Å². The first kappa shape index (κ1) is 14.3. The first-order valence-electron chi connectivity index (χ1n) is 6.65. The van der Waals surface area contributed by atoms with Gasteiger partial charge in [0.05, 0.1) is 19.8 Å². The SMILES string of the molecule is CCOc1ccc(-c2nc(CNC)no2)cc1OCC. The Labute approximate surface area is 118 Å². The van der Waals surface area contributed by atoms with Gasteiger partial charge in [0.25, 0.3) is 5.89 Å². The van der Waals surface area contributed by atoms with Crippen molar-refractivity contribution in [2.75, 3.05) is 20.3 Å². The van der Waals surface area contributed by atoms with E-state index in [0.29, 0.717) is 43.0 Å². The van der Waals surface area contributed by atoms with Crippen molar-refractivity contribution >= 4 is 0 Å². The molecule has 0 atom stereocenters. The van der Waals surface area contributed by atoms with E-state index in [0.717, 1.165) is 5.56 Å². The van der Waals surface area contributed by atoms with E-state index in [4.69, 9.17) is 14.0 Å². The third kappa shape index (κ3) is 3.27. The van der Waals surface area contributed by atoms with Crippen LogP contribution >= 0.6 is 0 Å². The maximum atomic E-state index is 5.58. The summed E-state index contributed by atoms with van der Waals surface area (Å²) in [7, 11) is 1.83. The molecular formula is C14H19N3O3. The summed E-state index contributed by atoms with van der Waals surface area (Å²) in [6, 6.07) is 5.58. The minimum atomic E-state index is 0.472. The molecular weight excluding hydrogens is 258 g/mol. The lowest BCUT2D eigenvalue weighted by atomic mass is 10.2. The van der Waals surface area contributed by atoms with Crippen LogP contribution in [0.5, 0.6) is 11.5 Å². The lowest BCUT2D eigenvalue weighted by Gasteiger charge is -2.11. The highest BCUT2D eigenvalue weighted by Crippen LogP contribution is 2.32. The molecule has 20 heavy (non-hydrogen) atoms. The fourth-order valence-corrected chi connectivity index (χ4v) is 1.79. The molecule has 0 amide bonds. The molecule has 2 aromatic rings. The Morgan fingerprint density at radius 3 is 2.60 bits per heavy atom. The lowest BCUT2D eigenvalue weighted by molar-refractivity contribution is 0.288. The second-order valence-corrected chi connectivity index (χ2v) is 4.07. The lowest BCUT2D eigenvalue weighted by Crippen LogP contribution is -2.06. The molecule has 1 aromatic carbocycles. The maximum absolute atomic E-state index is 5.58. The topological polar surface area (TPSA) is 69.4 Å². The highest BCUT2D eigenvalue weighted by Gasteiger charge is 2.12. The molecule has 0 saturated carbocycles. The van der Waals surface area contributed by atoms with Gasteiger partial charge in [0.2, 0.25) is 0 Å². The van der Waals surface area contributed by atoms with Crippen LogP contribution in [0.15, 0.2) is 22.7 Å². The Balaban J connectivity index is 2.28. The molecule has 0 bridgehead atoms. The normalized spacial score (nSPS) is 10.6. The van der Waals surface area contributed by atoms with E-state index in [-0.39, 0.29) is 0 Å². The van der Waals surface area contributed by atoms with Gasteiger partial charge in [0.1, 0.15) is 0 Å². The van der Waals surface area contributed by atoms with E-state index in [1.165, 1.54) is 0 Å².